The monoisotopic (exact) mass is 266 g/mol. The molecule has 0 aromatic rings. The van der Waals surface area contributed by atoms with Crippen LogP contribution in [0.4, 0.5) is 4.79 Å². The third-order valence-corrected chi connectivity index (χ3v) is 3.79. The molecule has 0 heterocycles. The highest BCUT2D eigenvalue weighted by Crippen LogP contribution is 2.10. The van der Waals surface area contributed by atoms with E-state index in [9.17, 15) is 9.59 Å². The first-order valence-corrected chi connectivity index (χ1v) is 7.39. The Labute approximate surface area is 104 Å². The van der Waals surface area contributed by atoms with Gasteiger partial charge in [-0.3, -0.25) is 0 Å². The summed E-state index contributed by atoms with van der Waals surface area (Å²) in [6.45, 7) is 2.34. The van der Waals surface area contributed by atoms with Crippen LogP contribution in [-0.4, -0.2) is 48.8 Å². The number of hydrogen-bond donors (Lipinski definition) is 2. The van der Waals surface area contributed by atoms with Gasteiger partial charge in [-0.1, -0.05) is 0 Å². The van der Waals surface area contributed by atoms with Crippen molar-refractivity contribution in [1.82, 2.24) is 10.6 Å². The molecule has 0 spiro atoms. The van der Waals surface area contributed by atoms with E-state index >= 15 is 0 Å². The lowest BCUT2D eigenvalue weighted by atomic mass is 10.3. The fraction of sp³-hybridized carbons (Fsp3) is 0.778. The molecule has 7 heteroatoms. The highest BCUT2D eigenvalue weighted by atomic mass is 32.2. The molecule has 0 rings (SSSR count). The molecule has 1 atom stereocenters. The average molecular weight is 266 g/mol. The number of ether oxygens (including phenoxy) is 1. The Morgan fingerprint density at radius 3 is 2.62 bits per heavy atom. The number of thioether (sulfide) groups is 2. The third kappa shape index (κ3) is 6.84. The molecule has 2 amide bonds. The summed E-state index contributed by atoms with van der Waals surface area (Å²) in [6, 6.07) is -0.934. The van der Waals surface area contributed by atoms with Crippen molar-refractivity contribution in [2.24, 2.45) is 0 Å². The first kappa shape index (κ1) is 15.4. The van der Waals surface area contributed by atoms with Gasteiger partial charge in [-0.2, -0.15) is 11.8 Å². The minimum absolute atomic E-state index is 0.345. The van der Waals surface area contributed by atoms with E-state index in [1.807, 2.05) is 13.2 Å². The zero-order valence-electron chi connectivity index (χ0n) is 9.74. The number of esters is 1. The minimum atomic E-state index is -0.589. The van der Waals surface area contributed by atoms with E-state index in [1.54, 1.807) is 23.5 Å². The van der Waals surface area contributed by atoms with Crippen molar-refractivity contribution in [3.05, 3.63) is 0 Å². The molecule has 0 radical (unpaired) electrons. The molecule has 0 aliphatic rings. The second-order valence-corrected chi connectivity index (χ2v) is 5.12. The van der Waals surface area contributed by atoms with Crippen LogP contribution in [0.2, 0.25) is 0 Å². The Morgan fingerprint density at radius 1 is 1.44 bits per heavy atom. The number of carbonyl (C=O) groups excluding carboxylic acids is 2. The lowest BCUT2D eigenvalue weighted by Gasteiger charge is -2.15. The lowest BCUT2D eigenvalue weighted by Crippen LogP contribution is -2.47. The predicted octanol–water partition coefficient (Wildman–Crippen LogP) is 0.901. The van der Waals surface area contributed by atoms with Crippen molar-refractivity contribution in [3.63, 3.8) is 0 Å². The van der Waals surface area contributed by atoms with Crippen molar-refractivity contribution in [3.8, 4) is 0 Å². The van der Waals surface area contributed by atoms with Gasteiger partial charge < -0.3 is 15.4 Å². The fourth-order valence-electron chi connectivity index (χ4n) is 0.930. The summed E-state index contributed by atoms with van der Waals surface area (Å²) in [5, 5.41) is 6.03. The van der Waals surface area contributed by atoms with Crippen LogP contribution in [0, 0.1) is 0 Å². The van der Waals surface area contributed by atoms with Gasteiger partial charge in [0.15, 0.2) is 0 Å². The molecule has 0 saturated carbocycles. The maximum Gasteiger partial charge on any atom is 0.329 e. The smallest absolute Gasteiger partial charge is 0.329 e. The van der Waals surface area contributed by atoms with E-state index in [2.05, 4.69) is 15.4 Å². The maximum absolute atomic E-state index is 11.4. The van der Waals surface area contributed by atoms with E-state index in [1.165, 1.54) is 7.11 Å². The van der Waals surface area contributed by atoms with E-state index in [0.717, 1.165) is 5.08 Å². The second-order valence-electron chi connectivity index (χ2n) is 2.86. The Morgan fingerprint density at radius 2 is 2.12 bits per heavy atom. The molecule has 16 heavy (non-hydrogen) atoms. The van der Waals surface area contributed by atoms with Crippen LogP contribution >= 0.6 is 23.5 Å². The van der Waals surface area contributed by atoms with Crippen molar-refractivity contribution in [2.75, 3.05) is 30.7 Å². The number of methoxy groups -OCH3 is 1. The SMILES string of the molecule is CCNC(=O)NC(CSCSC)C(=O)OC. The second kappa shape index (κ2) is 9.65. The van der Waals surface area contributed by atoms with Gasteiger partial charge in [0.1, 0.15) is 6.04 Å². The summed E-state index contributed by atoms with van der Waals surface area (Å²) in [7, 11) is 1.31. The van der Waals surface area contributed by atoms with Crippen molar-refractivity contribution in [2.45, 2.75) is 13.0 Å². The average Bonchev–Trinajstić information content (AvgIpc) is 2.27. The molecule has 1 unspecified atom stereocenters. The Bertz CT molecular complexity index is 227. The minimum Gasteiger partial charge on any atom is -0.467 e. The Balaban J connectivity index is 4.09. The standard InChI is InChI=1S/C9H18N2O3S2/c1-4-10-9(13)11-7(8(12)14-2)5-16-6-15-3/h7H,4-6H2,1-3H3,(H2,10,11,13). The molecular formula is C9H18N2O3S2. The van der Waals surface area contributed by atoms with Crippen LogP contribution in [0.3, 0.4) is 0 Å². The topological polar surface area (TPSA) is 67.4 Å². The van der Waals surface area contributed by atoms with Gasteiger partial charge in [0, 0.05) is 17.4 Å². The summed E-state index contributed by atoms with van der Waals surface area (Å²) >= 11 is 3.26. The third-order valence-electron chi connectivity index (χ3n) is 1.61. The largest absolute Gasteiger partial charge is 0.467 e. The molecule has 94 valence electrons. The molecule has 5 nitrogen and oxygen atoms in total. The van der Waals surface area contributed by atoms with Crippen molar-refractivity contribution >= 4 is 35.5 Å². The number of hydrogen-bond acceptors (Lipinski definition) is 5. The van der Waals surface area contributed by atoms with E-state index in [4.69, 9.17) is 0 Å². The summed E-state index contributed by atoms with van der Waals surface area (Å²) < 4.78 is 4.62. The highest BCUT2D eigenvalue weighted by molar-refractivity contribution is 8.15. The van der Waals surface area contributed by atoms with Gasteiger partial charge in [0.05, 0.1) is 7.11 Å². The van der Waals surface area contributed by atoms with E-state index in [-0.39, 0.29) is 6.03 Å². The molecule has 0 saturated heterocycles. The first-order valence-electron chi connectivity index (χ1n) is 4.84. The fourth-order valence-corrected chi connectivity index (χ4v) is 2.44. The van der Waals surface area contributed by atoms with Gasteiger partial charge >= 0.3 is 12.0 Å². The maximum atomic E-state index is 11.4. The molecule has 0 aromatic heterocycles. The predicted molar refractivity (Wildman–Crippen MR) is 68.9 cm³/mol. The van der Waals surface area contributed by atoms with Gasteiger partial charge in [-0.05, 0) is 13.2 Å². The van der Waals surface area contributed by atoms with Crippen LogP contribution < -0.4 is 10.6 Å². The Hall–Kier alpha value is -0.560. The molecule has 0 aliphatic heterocycles. The van der Waals surface area contributed by atoms with Gasteiger partial charge in [0.2, 0.25) is 0 Å². The zero-order valence-corrected chi connectivity index (χ0v) is 11.4. The number of amides is 2. The molecule has 0 fully saturated rings. The van der Waals surface area contributed by atoms with Gasteiger partial charge in [0.25, 0.3) is 0 Å². The summed E-state index contributed by atoms with van der Waals surface area (Å²) in [5.41, 5.74) is 0. The van der Waals surface area contributed by atoms with Crippen LogP contribution in [-0.2, 0) is 9.53 Å². The molecule has 0 bridgehead atoms. The molecular weight excluding hydrogens is 248 g/mol. The molecule has 0 aliphatic carbocycles. The number of rotatable bonds is 7. The zero-order chi connectivity index (χ0) is 12.4. The van der Waals surface area contributed by atoms with Crippen molar-refractivity contribution < 1.29 is 14.3 Å². The quantitative estimate of drug-likeness (QED) is 0.407. The first-order chi connectivity index (χ1) is 7.65. The van der Waals surface area contributed by atoms with Gasteiger partial charge in [-0.15, -0.1) is 11.8 Å². The number of urea groups is 1. The number of nitrogens with one attached hydrogen (secondary N) is 2. The summed E-state index contributed by atoms with van der Waals surface area (Å²) in [6.07, 6.45) is 1.98. The highest BCUT2D eigenvalue weighted by Gasteiger charge is 2.20. The van der Waals surface area contributed by atoms with Crippen molar-refractivity contribution in [1.29, 1.82) is 0 Å². The Kier molecular flexibility index (Phi) is 9.31. The van der Waals surface area contributed by atoms with Crippen LogP contribution in [0.15, 0.2) is 0 Å². The molecule has 0 aromatic carbocycles. The van der Waals surface area contributed by atoms with Crippen LogP contribution in [0.1, 0.15) is 6.92 Å². The lowest BCUT2D eigenvalue weighted by molar-refractivity contribution is -0.142. The summed E-state index contributed by atoms with van der Waals surface area (Å²) in [5.74, 6) is 0.102. The number of carbonyl (C=O) groups is 2. The van der Waals surface area contributed by atoms with E-state index < -0.39 is 12.0 Å². The normalized spacial score (nSPS) is 11.7. The van der Waals surface area contributed by atoms with E-state index in [0.29, 0.717) is 12.3 Å². The van der Waals surface area contributed by atoms with Gasteiger partial charge in [-0.25, -0.2) is 9.59 Å². The van der Waals surface area contributed by atoms with Crippen LogP contribution in [0.25, 0.3) is 0 Å². The van der Waals surface area contributed by atoms with Crippen LogP contribution in [0.5, 0.6) is 0 Å². The molecule has 2 N–H and O–H groups in total. The summed E-state index contributed by atoms with van der Waals surface area (Å²) in [4.78, 5) is 22.6.